The van der Waals surface area contributed by atoms with Crippen molar-refractivity contribution < 1.29 is 97.3 Å². The summed E-state index contributed by atoms with van der Waals surface area (Å²) in [4.78, 5) is 34.1. The molecule has 0 rings (SSSR count). The Kier molecular flexibility index (Phi) is 20.1. The Balaban J connectivity index is -0.0000000941. The molecule has 0 bridgehead atoms. The van der Waals surface area contributed by atoms with E-state index in [-0.39, 0.29) is 59.1 Å². The van der Waals surface area contributed by atoms with Crippen molar-refractivity contribution in [3.63, 3.8) is 0 Å². The predicted octanol–water partition coefficient (Wildman–Crippen LogP) is -8.73. The third-order valence-corrected chi connectivity index (χ3v) is 1.86. The third-order valence-electron chi connectivity index (χ3n) is 0.206. The summed E-state index contributed by atoms with van der Waals surface area (Å²) in [6.45, 7) is 0. The maximum atomic E-state index is 9.48. The molecule has 5 N–H and O–H groups in total. The normalized spacial score (nSPS) is 17.4. The van der Waals surface area contributed by atoms with Crippen LogP contribution < -0.4 is 74.8 Å². The van der Waals surface area contributed by atoms with Crippen LogP contribution in [-0.2, 0) is 13.4 Å². The van der Waals surface area contributed by atoms with Crippen molar-refractivity contribution in [2.75, 3.05) is 0 Å². The zero-order valence-electron chi connectivity index (χ0n) is 6.85. The van der Waals surface area contributed by atoms with Gasteiger partial charge in [0.2, 0.25) is 0 Å². The summed E-state index contributed by atoms with van der Waals surface area (Å²) in [6.07, 6.45) is 0. The maximum absolute atomic E-state index is 9.48. The van der Waals surface area contributed by atoms with Crippen molar-refractivity contribution in [3.05, 3.63) is 0 Å². The van der Waals surface area contributed by atoms with Gasteiger partial charge in [-0.2, -0.15) is 0 Å². The third kappa shape index (κ3) is 31.4. The summed E-state index contributed by atoms with van der Waals surface area (Å²) in [5.41, 5.74) is 0. The molecule has 2 atom stereocenters. The van der Waals surface area contributed by atoms with Gasteiger partial charge in [-0.1, -0.05) is 0 Å². The van der Waals surface area contributed by atoms with Crippen LogP contribution in [0.2, 0.25) is 0 Å². The molecule has 0 radical (unpaired) electrons. The molecule has 0 aromatic carbocycles. The summed E-state index contributed by atoms with van der Waals surface area (Å²) in [7, 11) is -10.7. The fraction of sp³-hybridized carbons (Fsp3) is 0. The number of hydrogen-bond acceptors (Lipinski definition) is 7. The van der Waals surface area contributed by atoms with Crippen molar-refractivity contribution in [2.24, 2.45) is 5.90 Å². The molecule has 0 spiro atoms. The van der Waals surface area contributed by atoms with Crippen LogP contribution in [0.1, 0.15) is 0 Å². The van der Waals surface area contributed by atoms with Gasteiger partial charge in [-0.3, -0.25) is 9.13 Å². The first-order valence-electron chi connectivity index (χ1n) is 1.75. The summed E-state index contributed by atoms with van der Waals surface area (Å²) in [5, 5.41) is 6.50. The summed E-state index contributed by atoms with van der Waals surface area (Å²) >= 11 is 0. The molecule has 0 heterocycles. The van der Waals surface area contributed by atoms with Crippen molar-refractivity contribution in [2.45, 2.75) is 0 Å². The van der Waals surface area contributed by atoms with Gasteiger partial charge in [0.25, 0.3) is 15.6 Å². The van der Waals surface area contributed by atoms with Gasteiger partial charge in [0.1, 0.15) is 0 Å². The second-order valence-corrected chi connectivity index (χ2v) is 3.55. The standard InChI is InChI=1S/H3NO.2Na.H4O7P2/c1-2;;;1-8(2,3)7-9(4,5)6/h2H,1H2;;;(H2,1,2,3)(H2,4,5,6)/q;2*+1;/p-2. The minimum absolute atomic E-state index is 0. The van der Waals surface area contributed by atoms with Crippen molar-refractivity contribution in [3.8, 4) is 0 Å². The van der Waals surface area contributed by atoms with Gasteiger partial charge in [-0.25, -0.2) is 10.2 Å². The summed E-state index contributed by atoms with van der Waals surface area (Å²) in [6, 6.07) is 0. The second-order valence-electron chi connectivity index (χ2n) is 1.02. The first kappa shape index (κ1) is 24.4. The average molecular weight is 255 g/mol. The molecule has 0 aromatic rings. The Hall–Kier alpha value is 2.18. The van der Waals surface area contributed by atoms with Crippen LogP contribution in [0.25, 0.3) is 0 Å². The summed E-state index contributed by atoms with van der Waals surface area (Å²) < 4.78 is 21.7. The van der Waals surface area contributed by atoms with E-state index in [1.165, 1.54) is 0 Å². The fourth-order valence-electron chi connectivity index (χ4n) is 0.130. The quantitative estimate of drug-likeness (QED) is 0.212. The molecular formula is H5NNa2O8P2. The Labute approximate surface area is 118 Å². The van der Waals surface area contributed by atoms with E-state index < -0.39 is 15.6 Å². The summed E-state index contributed by atoms with van der Waals surface area (Å²) in [5.74, 6) is 3.50. The van der Waals surface area contributed by atoms with Crippen LogP contribution >= 0.6 is 15.6 Å². The van der Waals surface area contributed by atoms with E-state index in [2.05, 4.69) is 10.2 Å². The predicted molar refractivity (Wildman–Crippen MR) is 26.7 cm³/mol. The van der Waals surface area contributed by atoms with Crippen molar-refractivity contribution >= 4 is 15.6 Å². The van der Waals surface area contributed by atoms with Crippen molar-refractivity contribution in [1.29, 1.82) is 0 Å². The monoisotopic (exact) mass is 255 g/mol. The van der Waals surface area contributed by atoms with Gasteiger partial charge in [-0.15, -0.1) is 0 Å². The van der Waals surface area contributed by atoms with Crippen LogP contribution in [0.4, 0.5) is 0 Å². The average Bonchev–Trinajstić information content (AvgIpc) is 1.60. The minimum atomic E-state index is -5.36. The van der Waals surface area contributed by atoms with E-state index >= 15 is 0 Å². The van der Waals surface area contributed by atoms with Crippen molar-refractivity contribution in [1.82, 2.24) is 0 Å². The first-order valence-corrected chi connectivity index (χ1v) is 4.74. The van der Waals surface area contributed by atoms with Gasteiger partial charge in [-0.05, 0) is 0 Å². The van der Waals surface area contributed by atoms with Gasteiger partial charge < -0.3 is 24.8 Å². The van der Waals surface area contributed by atoms with Crippen LogP contribution in [-0.4, -0.2) is 15.0 Å². The Morgan fingerprint density at radius 3 is 1.15 bits per heavy atom. The van der Waals surface area contributed by atoms with E-state index in [0.717, 1.165) is 0 Å². The van der Waals surface area contributed by atoms with Gasteiger partial charge in [0.15, 0.2) is 0 Å². The zero-order valence-corrected chi connectivity index (χ0v) is 12.6. The zero-order chi connectivity index (χ0) is 9.71. The number of nitrogens with two attached hydrogens (primary N) is 1. The van der Waals surface area contributed by atoms with Crippen LogP contribution in [0.5, 0.6) is 0 Å². The Morgan fingerprint density at radius 1 is 1.00 bits per heavy atom. The first-order chi connectivity index (χ1) is 4.71. The van der Waals surface area contributed by atoms with E-state index in [4.69, 9.17) is 15.0 Å². The molecule has 0 aliphatic heterocycles. The maximum Gasteiger partial charge on any atom is 1.00 e. The van der Waals surface area contributed by atoms with E-state index in [1.807, 2.05) is 0 Å². The Bertz CT molecular complexity index is 161. The molecule has 0 fully saturated rings. The fourth-order valence-corrected chi connectivity index (χ4v) is 1.17. The molecule has 2 unspecified atom stereocenters. The number of hydrogen-bond donors (Lipinski definition) is 4. The smallest absolute Gasteiger partial charge is 0.756 e. The molecule has 0 aliphatic carbocycles. The molecule has 9 nitrogen and oxygen atoms in total. The molecule has 0 saturated carbocycles. The molecule has 0 amide bonds. The minimum Gasteiger partial charge on any atom is -0.756 e. The Morgan fingerprint density at radius 2 is 1.15 bits per heavy atom. The van der Waals surface area contributed by atoms with Gasteiger partial charge in [0.05, 0.1) is 0 Å². The van der Waals surface area contributed by atoms with E-state index in [9.17, 15) is 18.9 Å². The van der Waals surface area contributed by atoms with Crippen LogP contribution in [0.15, 0.2) is 0 Å². The SMILES string of the molecule is NO.O=P([O-])(O)OP(=O)([O-])O.[Na+].[Na+]. The van der Waals surface area contributed by atoms with Gasteiger partial charge >= 0.3 is 59.1 Å². The second kappa shape index (κ2) is 10.7. The largest absolute Gasteiger partial charge is 1.00 e. The molecule has 0 saturated heterocycles. The molecule has 70 valence electrons. The number of rotatable bonds is 2. The van der Waals surface area contributed by atoms with E-state index in [1.54, 1.807) is 0 Å². The molecule has 13 heavy (non-hydrogen) atoms. The van der Waals surface area contributed by atoms with Gasteiger partial charge in [0, 0.05) is 0 Å². The molecular weight excluding hydrogens is 250 g/mol. The topological polar surface area (TPSA) is 176 Å². The number of phosphoric acid groups is 2. The molecule has 13 heteroatoms. The van der Waals surface area contributed by atoms with Crippen LogP contribution in [0, 0.1) is 0 Å². The van der Waals surface area contributed by atoms with Crippen LogP contribution in [0.3, 0.4) is 0 Å². The molecule has 0 aromatic heterocycles. The van der Waals surface area contributed by atoms with E-state index in [0.29, 0.717) is 0 Å². The molecule has 0 aliphatic rings.